The number of rotatable bonds is 24. The Balaban J connectivity index is 2.12. The summed E-state index contributed by atoms with van der Waals surface area (Å²) in [6.07, 6.45) is -2.10. The van der Waals surface area contributed by atoms with E-state index in [2.05, 4.69) is 31.6 Å². The van der Waals surface area contributed by atoms with E-state index in [0.29, 0.717) is 0 Å². The molecule has 0 radical (unpaired) electrons. The highest BCUT2D eigenvalue weighted by molar-refractivity contribution is 8.00. The van der Waals surface area contributed by atoms with E-state index in [4.69, 9.17) is 32.8 Å². The fourth-order valence-electron chi connectivity index (χ4n) is 5.54. The number of nitrogens with two attached hydrogens (primary N) is 4. The third-order valence-corrected chi connectivity index (χ3v) is 10.1. The van der Waals surface area contributed by atoms with Crippen molar-refractivity contribution in [3.05, 3.63) is 11.3 Å². The van der Waals surface area contributed by atoms with Gasteiger partial charge >= 0.3 is 17.9 Å². The summed E-state index contributed by atoms with van der Waals surface area (Å²) in [5.41, 5.74) is 19.1. The fraction of sp³-hybridized carbons (Fsp3) is 0.625. The molecule has 8 atom stereocenters. The van der Waals surface area contributed by atoms with Crippen LogP contribution in [0.5, 0.6) is 0 Å². The molecule has 0 aliphatic carbocycles. The predicted octanol–water partition coefficient (Wildman–Crippen LogP) is -5.43. The Kier molecular flexibility index (Phi) is 18.1. The predicted molar refractivity (Wildman–Crippen MR) is 200 cm³/mol. The number of aliphatic imine (C=N–C) groups is 1. The molecule has 2 heterocycles. The average Bonchev–Trinajstić information content (AvgIpc) is 3.13. The van der Waals surface area contributed by atoms with Crippen molar-refractivity contribution >= 4 is 71.6 Å². The summed E-state index contributed by atoms with van der Waals surface area (Å²) in [5, 5.41) is 40.9. The van der Waals surface area contributed by atoms with Crippen LogP contribution in [0.25, 0.3) is 0 Å². The Morgan fingerprint density at radius 2 is 1.60 bits per heavy atom. The Morgan fingerprint density at radius 3 is 2.16 bits per heavy atom. The number of aliphatic hydroxyl groups is 1. The number of aliphatic carboxylic acids is 2. The molecule has 0 aromatic heterocycles. The molecule has 2 rings (SSSR count). The van der Waals surface area contributed by atoms with Crippen molar-refractivity contribution in [1.29, 1.82) is 0 Å². The quantitative estimate of drug-likeness (QED) is 0.00821. The molecule has 6 amide bonds. The van der Waals surface area contributed by atoms with Crippen LogP contribution in [0.4, 0.5) is 0 Å². The number of amides is 6. The number of hydrogen-bond acceptors (Lipinski definition) is 15. The number of hydrogen-bond donors (Lipinski definition) is 12. The lowest BCUT2D eigenvalue weighted by molar-refractivity contribution is -0.162. The first kappa shape index (κ1) is 47.6. The first-order valence-electron chi connectivity index (χ1n) is 17.6. The first-order chi connectivity index (χ1) is 26.7. The zero-order valence-corrected chi connectivity index (χ0v) is 32.3. The van der Waals surface area contributed by atoms with E-state index in [9.17, 15) is 53.4 Å². The molecule has 57 heavy (non-hydrogen) atoms. The number of nitrogens with zero attached hydrogens (tertiary/aromatic N) is 2. The van der Waals surface area contributed by atoms with Crippen LogP contribution in [0.3, 0.4) is 0 Å². The van der Waals surface area contributed by atoms with Crippen LogP contribution < -0.4 is 49.5 Å². The third-order valence-electron chi connectivity index (χ3n) is 8.67. The van der Waals surface area contributed by atoms with Crippen LogP contribution in [-0.4, -0.2) is 146 Å². The Morgan fingerprint density at radius 1 is 0.982 bits per heavy atom. The maximum atomic E-state index is 13.4. The molecule has 2 aliphatic rings. The van der Waals surface area contributed by atoms with Crippen LogP contribution in [0, 0.1) is 0 Å². The topological polar surface area (TPSA) is 403 Å². The number of thioether (sulfide) groups is 1. The first-order valence-corrected chi connectivity index (χ1v) is 18.7. The van der Waals surface area contributed by atoms with E-state index in [-0.39, 0.29) is 62.3 Å². The van der Waals surface area contributed by atoms with Crippen LogP contribution in [-0.2, 0) is 47.9 Å². The molecule has 0 aromatic carbocycles. The van der Waals surface area contributed by atoms with Crippen molar-refractivity contribution < 1.29 is 63.2 Å². The average molecular weight is 830 g/mol. The van der Waals surface area contributed by atoms with Crippen molar-refractivity contribution in [1.82, 2.24) is 31.5 Å². The van der Waals surface area contributed by atoms with Gasteiger partial charge in [0.1, 0.15) is 35.8 Å². The molecule has 24 nitrogen and oxygen atoms in total. The van der Waals surface area contributed by atoms with Gasteiger partial charge in [0.25, 0.3) is 5.91 Å². The Bertz CT molecular complexity index is 1620. The van der Waals surface area contributed by atoms with Gasteiger partial charge in [-0.05, 0) is 46.5 Å². The van der Waals surface area contributed by atoms with Crippen LogP contribution in [0.1, 0.15) is 59.3 Å². The molecule has 0 bridgehead atoms. The molecule has 0 spiro atoms. The highest BCUT2D eigenvalue weighted by Crippen LogP contribution is 2.45. The summed E-state index contributed by atoms with van der Waals surface area (Å²) < 4.78 is 5.27. The van der Waals surface area contributed by atoms with Gasteiger partial charge in [0.05, 0.1) is 24.6 Å². The second kappa shape index (κ2) is 21.7. The highest BCUT2D eigenvalue weighted by atomic mass is 32.2. The number of carboxylic acid groups (broad SMARTS) is 2. The Labute approximate surface area is 330 Å². The number of nitrogens with one attached hydrogen (secondary N) is 5. The van der Waals surface area contributed by atoms with E-state index in [0.717, 1.165) is 16.7 Å². The van der Waals surface area contributed by atoms with Gasteiger partial charge in [-0.25, -0.2) is 4.79 Å². The standard InChI is InChI=1S/C32H51N11O13S/c1-14(33)24(48)39-15(2)25(49)40-16(3)26(50)41-19(7-5-9-37-31(35)36)20(45)10-22(47)56-11-17-12-57-30-32(38-13-44,29(55)43(30)23(17)28(53)54)42-21(46)8-4-6-18(34)27(51)52/h13-16,18-20,30,45H,4-12,33-34H2,1-3H3,(H,38,44)(H,39,48)(H,40,49)(H,41,50)(H,42,46)(H,51,52)(H,53,54)(H4,35,36,37)/t14?,15?,16?,18-,19-,20+,30?,32+/m0/s1. The summed E-state index contributed by atoms with van der Waals surface area (Å²) in [6, 6.07) is -5.40. The minimum atomic E-state index is -2.02. The SMILES string of the molecule is CC(N)C(=O)NC(C)C(=O)NC(C)C(=O)N[C@@H](CCCN=C(N)N)[C@H](O)CC(=O)OCC1=C(C(=O)O)N2C(=O)[C@@](NC=O)(NC(=O)CCC[C@H](N)C(=O)O)C2SC1. The zero-order chi connectivity index (χ0) is 43.2. The van der Waals surface area contributed by atoms with Gasteiger partial charge in [0.2, 0.25) is 35.7 Å². The smallest absolute Gasteiger partial charge is 0.352 e. The molecule has 4 unspecified atom stereocenters. The minimum absolute atomic E-state index is 0.0216. The molecular weight excluding hydrogens is 778 g/mol. The maximum absolute atomic E-state index is 13.4. The lowest BCUT2D eigenvalue weighted by atomic mass is 9.94. The zero-order valence-electron chi connectivity index (χ0n) is 31.5. The van der Waals surface area contributed by atoms with Gasteiger partial charge in [-0.15, -0.1) is 11.8 Å². The molecule has 0 aromatic rings. The largest absolute Gasteiger partial charge is 0.480 e. The molecule has 1 saturated heterocycles. The van der Waals surface area contributed by atoms with E-state index >= 15 is 0 Å². The number of fused-ring (bicyclic) bond motifs is 1. The molecular formula is C32H51N11O13S. The molecule has 318 valence electrons. The summed E-state index contributed by atoms with van der Waals surface area (Å²) in [7, 11) is 0. The fourth-order valence-corrected chi connectivity index (χ4v) is 6.94. The monoisotopic (exact) mass is 829 g/mol. The number of carbonyl (C=O) groups is 9. The summed E-state index contributed by atoms with van der Waals surface area (Å²) in [6.45, 7) is 3.62. The highest BCUT2D eigenvalue weighted by Gasteiger charge is 2.66. The summed E-state index contributed by atoms with van der Waals surface area (Å²) >= 11 is 0.948. The van der Waals surface area contributed by atoms with Gasteiger partial charge in [-0.1, -0.05) is 0 Å². The van der Waals surface area contributed by atoms with E-state index < -0.39 is 114 Å². The molecule has 25 heteroatoms. The number of carbonyl (C=O) groups excluding carboxylic acids is 7. The van der Waals surface area contributed by atoms with Crippen molar-refractivity contribution in [2.45, 2.75) is 107 Å². The molecule has 0 saturated carbocycles. The third kappa shape index (κ3) is 13.3. The number of aliphatic hydroxyl groups excluding tert-OH is 1. The molecule has 16 N–H and O–H groups in total. The number of carboxylic acids is 2. The number of β-lactam (4-membered cyclic amide) rings is 1. The maximum Gasteiger partial charge on any atom is 0.352 e. The lowest BCUT2D eigenvalue weighted by Crippen LogP contribution is -2.85. The van der Waals surface area contributed by atoms with Crippen molar-refractivity contribution in [3.63, 3.8) is 0 Å². The van der Waals surface area contributed by atoms with Gasteiger partial charge < -0.3 is 69.6 Å². The summed E-state index contributed by atoms with van der Waals surface area (Å²) in [5.74, 6) is -7.99. The van der Waals surface area contributed by atoms with E-state index in [1.807, 2.05) is 0 Å². The second-order valence-corrected chi connectivity index (χ2v) is 14.4. The van der Waals surface area contributed by atoms with E-state index in [1.165, 1.54) is 20.8 Å². The van der Waals surface area contributed by atoms with Crippen LogP contribution in [0.15, 0.2) is 16.3 Å². The van der Waals surface area contributed by atoms with Gasteiger partial charge in [0.15, 0.2) is 5.96 Å². The van der Waals surface area contributed by atoms with Crippen molar-refractivity contribution in [2.24, 2.45) is 27.9 Å². The molecule has 2 aliphatic heterocycles. The van der Waals surface area contributed by atoms with Gasteiger partial charge in [-0.3, -0.25) is 48.2 Å². The summed E-state index contributed by atoms with van der Waals surface area (Å²) in [4.78, 5) is 116. The van der Waals surface area contributed by atoms with E-state index in [1.54, 1.807) is 0 Å². The van der Waals surface area contributed by atoms with Crippen LogP contribution >= 0.6 is 11.8 Å². The normalized spacial score (nSPS) is 20.4. The van der Waals surface area contributed by atoms with Crippen molar-refractivity contribution in [2.75, 3.05) is 18.9 Å². The number of esters is 1. The lowest BCUT2D eigenvalue weighted by Gasteiger charge is -2.56. The van der Waals surface area contributed by atoms with Crippen LogP contribution in [0.2, 0.25) is 0 Å². The van der Waals surface area contributed by atoms with Gasteiger partial charge in [-0.2, -0.15) is 0 Å². The molecule has 1 fully saturated rings. The minimum Gasteiger partial charge on any atom is -0.480 e. The van der Waals surface area contributed by atoms with Gasteiger partial charge in [0, 0.05) is 24.3 Å². The number of guanidine groups is 1. The second-order valence-electron chi connectivity index (χ2n) is 13.3. The Hall–Kier alpha value is -5.53. The van der Waals surface area contributed by atoms with Crippen molar-refractivity contribution in [3.8, 4) is 0 Å². The number of ether oxygens (including phenoxy) is 1.